The Labute approximate surface area is 133 Å². The van der Waals surface area contributed by atoms with E-state index >= 15 is 0 Å². The van der Waals surface area contributed by atoms with Crippen molar-refractivity contribution in [1.29, 1.82) is 0 Å². The minimum atomic E-state index is 0.657. The summed E-state index contributed by atoms with van der Waals surface area (Å²) >= 11 is 0. The van der Waals surface area contributed by atoms with Crippen LogP contribution in [0.5, 0.6) is 0 Å². The number of aryl methyl sites for hydroxylation is 2. The van der Waals surface area contributed by atoms with E-state index in [-0.39, 0.29) is 0 Å². The molecule has 2 aromatic rings. The third kappa shape index (κ3) is 4.93. The molecule has 0 atom stereocenters. The molecule has 4 nitrogen and oxygen atoms in total. The number of hydrogen-bond donors (Lipinski definition) is 0. The van der Waals surface area contributed by atoms with E-state index in [2.05, 4.69) is 60.6 Å². The molecule has 4 heteroatoms. The lowest BCUT2D eigenvalue weighted by Crippen LogP contribution is -2.05. The van der Waals surface area contributed by atoms with Crippen LogP contribution in [0, 0.1) is 12.8 Å². The Kier molecular flexibility index (Phi) is 6.56. The zero-order valence-corrected chi connectivity index (χ0v) is 13.8. The normalized spacial score (nSPS) is 11.3. The van der Waals surface area contributed by atoms with Gasteiger partial charge in [-0.15, -0.1) is 5.10 Å². The standard InChI is InChI=1S/C18H27N4/c1-4-5-6-7-9-16-10-8-11-17(14-16)22-18(19-20-21-22)13-12-15(2)3/h8,10-11,14-15H,1,4-7,9,12-13H2,2-3H3. The first-order valence-corrected chi connectivity index (χ1v) is 8.36. The van der Waals surface area contributed by atoms with Gasteiger partial charge in [0.25, 0.3) is 0 Å². The topological polar surface area (TPSA) is 43.6 Å². The predicted molar refractivity (Wildman–Crippen MR) is 89.8 cm³/mol. The van der Waals surface area contributed by atoms with Crippen molar-refractivity contribution in [1.82, 2.24) is 20.2 Å². The molecule has 1 aromatic carbocycles. The Balaban J connectivity index is 2.04. The number of unbranched alkanes of at least 4 members (excludes halogenated alkanes) is 3. The van der Waals surface area contributed by atoms with Crippen LogP contribution in [0.2, 0.25) is 0 Å². The maximum Gasteiger partial charge on any atom is 0.156 e. The molecule has 0 N–H and O–H groups in total. The van der Waals surface area contributed by atoms with Crippen molar-refractivity contribution in [3.05, 3.63) is 42.6 Å². The SMILES string of the molecule is [CH2]CCCCCc1cccc(-n2nnnc2CCC(C)C)c1. The smallest absolute Gasteiger partial charge is 0.156 e. The van der Waals surface area contributed by atoms with Gasteiger partial charge in [0.05, 0.1) is 5.69 Å². The van der Waals surface area contributed by atoms with Crippen LogP contribution in [0.3, 0.4) is 0 Å². The van der Waals surface area contributed by atoms with Crippen molar-refractivity contribution >= 4 is 0 Å². The highest BCUT2D eigenvalue weighted by Gasteiger charge is 2.09. The third-order valence-corrected chi connectivity index (χ3v) is 3.85. The molecule has 1 radical (unpaired) electrons. The highest BCUT2D eigenvalue weighted by molar-refractivity contribution is 5.35. The van der Waals surface area contributed by atoms with Crippen molar-refractivity contribution in [2.75, 3.05) is 0 Å². The summed E-state index contributed by atoms with van der Waals surface area (Å²) in [6, 6.07) is 8.57. The molecule has 0 saturated carbocycles. The Morgan fingerprint density at radius 3 is 2.77 bits per heavy atom. The van der Waals surface area contributed by atoms with Crippen LogP contribution < -0.4 is 0 Å². The second kappa shape index (κ2) is 8.66. The van der Waals surface area contributed by atoms with Gasteiger partial charge in [0.1, 0.15) is 0 Å². The van der Waals surface area contributed by atoms with Crippen LogP contribution in [-0.2, 0) is 12.8 Å². The van der Waals surface area contributed by atoms with E-state index < -0.39 is 0 Å². The Bertz CT molecular complexity index is 560. The van der Waals surface area contributed by atoms with Crippen LogP contribution in [0.25, 0.3) is 5.69 Å². The van der Waals surface area contributed by atoms with E-state index in [0.29, 0.717) is 5.92 Å². The predicted octanol–water partition coefficient (Wildman–Crippen LogP) is 4.19. The van der Waals surface area contributed by atoms with E-state index in [1.807, 2.05) is 4.68 Å². The van der Waals surface area contributed by atoms with Gasteiger partial charge >= 0.3 is 0 Å². The first kappa shape index (κ1) is 16.7. The minimum Gasteiger partial charge on any atom is -0.197 e. The monoisotopic (exact) mass is 299 g/mol. The fourth-order valence-corrected chi connectivity index (χ4v) is 2.51. The van der Waals surface area contributed by atoms with Crippen LogP contribution >= 0.6 is 0 Å². The quantitative estimate of drug-likeness (QED) is 0.652. The minimum absolute atomic E-state index is 0.657. The molecule has 0 fully saturated rings. The third-order valence-electron chi connectivity index (χ3n) is 3.85. The zero-order chi connectivity index (χ0) is 15.8. The van der Waals surface area contributed by atoms with Crippen LogP contribution in [0.1, 0.15) is 57.3 Å². The molecule has 0 aliphatic carbocycles. The summed E-state index contributed by atoms with van der Waals surface area (Å²) in [5, 5.41) is 12.2. The van der Waals surface area contributed by atoms with Crippen molar-refractivity contribution in [3.8, 4) is 5.69 Å². The van der Waals surface area contributed by atoms with E-state index in [9.17, 15) is 0 Å². The fourth-order valence-electron chi connectivity index (χ4n) is 2.51. The maximum absolute atomic E-state index is 4.18. The van der Waals surface area contributed by atoms with Gasteiger partial charge in [-0.05, 0) is 53.3 Å². The van der Waals surface area contributed by atoms with Gasteiger partial charge < -0.3 is 0 Å². The Hall–Kier alpha value is -1.71. The summed E-state index contributed by atoms with van der Waals surface area (Å²) < 4.78 is 1.88. The van der Waals surface area contributed by atoms with Crippen molar-refractivity contribution in [3.63, 3.8) is 0 Å². The van der Waals surface area contributed by atoms with Crippen molar-refractivity contribution in [2.45, 2.75) is 58.8 Å². The number of aromatic nitrogens is 4. The van der Waals surface area contributed by atoms with Gasteiger partial charge in [0.15, 0.2) is 5.82 Å². The average molecular weight is 299 g/mol. The van der Waals surface area contributed by atoms with Gasteiger partial charge in [-0.3, -0.25) is 0 Å². The Morgan fingerprint density at radius 1 is 1.14 bits per heavy atom. The molecule has 0 bridgehead atoms. The molecule has 0 amide bonds. The lowest BCUT2D eigenvalue weighted by molar-refractivity contribution is 0.567. The first-order chi connectivity index (χ1) is 10.7. The molecular weight excluding hydrogens is 272 g/mol. The largest absolute Gasteiger partial charge is 0.197 e. The van der Waals surface area contributed by atoms with Gasteiger partial charge in [0, 0.05) is 6.42 Å². The Morgan fingerprint density at radius 2 is 2.00 bits per heavy atom. The van der Waals surface area contributed by atoms with Gasteiger partial charge in [0.2, 0.25) is 0 Å². The number of benzene rings is 1. The average Bonchev–Trinajstić information content (AvgIpc) is 2.98. The molecule has 0 spiro atoms. The van der Waals surface area contributed by atoms with E-state index in [1.54, 1.807) is 0 Å². The highest BCUT2D eigenvalue weighted by atomic mass is 15.5. The summed E-state index contributed by atoms with van der Waals surface area (Å²) in [6.45, 7) is 8.34. The second-order valence-corrected chi connectivity index (χ2v) is 6.27. The molecule has 119 valence electrons. The van der Waals surface area contributed by atoms with E-state index in [4.69, 9.17) is 0 Å². The zero-order valence-electron chi connectivity index (χ0n) is 13.8. The number of hydrogen-bond acceptors (Lipinski definition) is 3. The molecule has 0 saturated heterocycles. The summed E-state index contributed by atoms with van der Waals surface area (Å²) in [7, 11) is 0. The van der Waals surface area contributed by atoms with Crippen LogP contribution in [0.15, 0.2) is 24.3 Å². The number of nitrogens with zero attached hydrogens (tertiary/aromatic N) is 4. The summed E-state index contributed by atoms with van der Waals surface area (Å²) in [5.41, 5.74) is 2.42. The molecule has 1 heterocycles. The molecular formula is C18H27N4. The molecule has 0 unspecified atom stereocenters. The lowest BCUT2D eigenvalue weighted by Gasteiger charge is -2.08. The fraction of sp³-hybridized carbons (Fsp3) is 0.556. The maximum atomic E-state index is 4.18. The van der Waals surface area contributed by atoms with Crippen molar-refractivity contribution in [2.24, 2.45) is 5.92 Å². The van der Waals surface area contributed by atoms with E-state index in [0.717, 1.165) is 37.2 Å². The second-order valence-electron chi connectivity index (χ2n) is 6.27. The summed E-state index contributed by atoms with van der Waals surface area (Å²) in [6.07, 6.45) is 7.84. The molecule has 1 aromatic heterocycles. The van der Waals surface area contributed by atoms with E-state index in [1.165, 1.54) is 24.8 Å². The molecule has 22 heavy (non-hydrogen) atoms. The van der Waals surface area contributed by atoms with Gasteiger partial charge in [-0.2, -0.15) is 4.68 Å². The molecule has 0 aliphatic heterocycles. The molecule has 2 rings (SSSR count). The first-order valence-electron chi connectivity index (χ1n) is 8.36. The van der Waals surface area contributed by atoms with Gasteiger partial charge in [-0.1, -0.05) is 52.2 Å². The van der Waals surface area contributed by atoms with Crippen LogP contribution in [-0.4, -0.2) is 20.2 Å². The number of tetrazole rings is 1. The summed E-state index contributed by atoms with van der Waals surface area (Å²) in [5.74, 6) is 1.60. The summed E-state index contributed by atoms with van der Waals surface area (Å²) in [4.78, 5) is 0. The van der Waals surface area contributed by atoms with Crippen molar-refractivity contribution < 1.29 is 0 Å². The highest BCUT2D eigenvalue weighted by Crippen LogP contribution is 2.15. The lowest BCUT2D eigenvalue weighted by atomic mass is 10.1. The molecule has 0 aliphatic rings. The van der Waals surface area contributed by atoms with Gasteiger partial charge in [-0.25, -0.2) is 0 Å². The number of rotatable bonds is 9. The van der Waals surface area contributed by atoms with Crippen LogP contribution in [0.4, 0.5) is 0 Å².